The van der Waals surface area contributed by atoms with Gasteiger partial charge in [0, 0.05) is 87.2 Å². The molecule has 0 fully saturated rings. The summed E-state index contributed by atoms with van der Waals surface area (Å²) in [6, 6.07) is 87.9. The van der Waals surface area contributed by atoms with Gasteiger partial charge >= 0.3 is 0 Å². The summed E-state index contributed by atoms with van der Waals surface area (Å²) in [7, 11) is 0. The summed E-state index contributed by atoms with van der Waals surface area (Å²) >= 11 is 1.89. The molecule has 0 atom stereocenters. The molecule has 0 aliphatic carbocycles. The molecule has 0 aliphatic heterocycles. The van der Waals surface area contributed by atoms with E-state index in [0.29, 0.717) is 0 Å². The van der Waals surface area contributed by atoms with Crippen molar-refractivity contribution < 1.29 is 0 Å². The summed E-state index contributed by atoms with van der Waals surface area (Å²) < 4.78 is 7.47. The zero-order chi connectivity index (χ0) is 42.8. The van der Waals surface area contributed by atoms with Gasteiger partial charge in [0.15, 0.2) is 0 Å². The Hall–Kier alpha value is -8.38. The molecule has 5 heteroatoms. The van der Waals surface area contributed by atoms with E-state index in [1.807, 2.05) is 11.3 Å². The van der Waals surface area contributed by atoms with Crippen molar-refractivity contribution in [1.82, 2.24) is 9.13 Å². The van der Waals surface area contributed by atoms with Crippen LogP contribution in [0.2, 0.25) is 0 Å². The largest absolute Gasteiger partial charge is 0.310 e. The van der Waals surface area contributed by atoms with Crippen molar-refractivity contribution in [3.05, 3.63) is 243 Å². The highest BCUT2D eigenvalue weighted by Crippen LogP contribution is 2.47. The number of hydrogen-bond donors (Lipinski definition) is 0. The van der Waals surface area contributed by atoms with Gasteiger partial charge in [-0.3, -0.25) is 0 Å². The molecular weight excluding hydrogens is 809 g/mol. The molecule has 4 nitrogen and oxygen atoms in total. The van der Waals surface area contributed by atoms with Gasteiger partial charge in [0.2, 0.25) is 0 Å². The van der Waals surface area contributed by atoms with Crippen LogP contribution in [0.3, 0.4) is 0 Å². The summed E-state index contributed by atoms with van der Waals surface area (Å²) in [6.45, 7) is 0. The van der Waals surface area contributed by atoms with Crippen molar-refractivity contribution in [3.8, 4) is 11.4 Å². The van der Waals surface area contributed by atoms with Gasteiger partial charge in [0.05, 0.1) is 22.1 Å². The molecule has 306 valence electrons. The highest BCUT2D eigenvalue weighted by molar-refractivity contribution is 7.26. The first-order valence-corrected chi connectivity index (χ1v) is 22.9. The van der Waals surface area contributed by atoms with Crippen LogP contribution < -0.4 is 9.80 Å². The summed E-state index contributed by atoms with van der Waals surface area (Å²) in [5.74, 6) is 0. The molecule has 10 aromatic carbocycles. The smallest absolute Gasteiger partial charge is 0.0562 e. The summed E-state index contributed by atoms with van der Waals surface area (Å²) in [6.07, 6.45) is 0. The van der Waals surface area contributed by atoms with Crippen LogP contribution in [0.1, 0.15) is 0 Å². The van der Waals surface area contributed by atoms with Gasteiger partial charge in [0.1, 0.15) is 0 Å². The third-order valence-corrected chi connectivity index (χ3v) is 14.0. The van der Waals surface area contributed by atoms with Crippen molar-refractivity contribution in [2.24, 2.45) is 0 Å². The molecule has 0 saturated heterocycles. The first-order valence-electron chi connectivity index (χ1n) is 22.1. The molecule has 3 aromatic heterocycles. The first-order chi connectivity index (χ1) is 32.3. The number of fused-ring (bicyclic) bond motifs is 10. The van der Waals surface area contributed by atoms with Crippen molar-refractivity contribution in [3.63, 3.8) is 0 Å². The second-order valence-electron chi connectivity index (χ2n) is 16.6. The summed E-state index contributed by atoms with van der Waals surface area (Å²) in [5.41, 5.74) is 13.6. The Bertz CT molecular complexity index is 3760. The Labute approximate surface area is 380 Å². The number of anilines is 6. The Morgan fingerprint density at radius 1 is 0.277 bits per heavy atom. The van der Waals surface area contributed by atoms with Gasteiger partial charge in [-0.15, -0.1) is 11.3 Å². The number of thiophene rings is 1. The second-order valence-corrected chi connectivity index (χ2v) is 17.6. The van der Waals surface area contributed by atoms with E-state index in [4.69, 9.17) is 0 Å². The van der Waals surface area contributed by atoms with Crippen LogP contribution in [0, 0.1) is 0 Å². The van der Waals surface area contributed by atoms with Gasteiger partial charge in [-0.05, 0) is 115 Å². The molecule has 0 unspecified atom stereocenters. The Kier molecular flexibility index (Phi) is 8.68. The maximum atomic E-state index is 2.48. The Morgan fingerprint density at radius 2 is 0.754 bits per heavy atom. The van der Waals surface area contributed by atoms with Gasteiger partial charge < -0.3 is 18.9 Å². The SMILES string of the molecule is c1ccc(N(c2ccccc2)c2cccc(-n3c4cc(N(c5ccccc5)c5ccccc5)ccc4c4c5sc6ccc(-n7c8ccccc8c8ccccc87)cc6c5ccc43)c2)cc1. The van der Waals surface area contributed by atoms with Crippen molar-refractivity contribution in [1.29, 1.82) is 0 Å². The number of aromatic nitrogens is 2. The van der Waals surface area contributed by atoms with Gasteiger partial charge in [-0.2, -0.15) is 0 Å². The summed E-state index contributed by atoms with van der Waals surface area (Å²) in [5, 5.41) is 7.56. The van der Waals surface area contributed by atoms with E-state index in [1.54, 1.807) is 0 Å². The standard InChI is InChI=1S/C60H40N4S/c1-5-18-41(19-6-1)61(42-20-7-2-8-21-42)45-26-17-27-46(38-45)64-56-36-35-51-53-39-47(63-54-30-15-13-28-49(54)50-29-14-16-31-55(50)63)33-37-58(53)65-60(51)59(56)52-34-32-48(40-57(52)64)62(43-22-9-3-10-23-43)44-24-11-4-12-25-44/h1-40H. The molecule has 65 heavy (non-hydrogen) atoms. The molecule has 0 saturated carbocycles. The molecule has 0 spiro atoms. The number of nitrogens with zero attached hydrogens (tertiary/aromatic N) is 4. The lowest BCUT2D eigenvalue weighted by molar-refractivity contribution is 1.17. The van der Waals surface area contributed by atoms with Crippen LogP contribution >= 0.6 is 11.3 Å². The maximum absolute atomic E-state index is 2.48. The zero-order valence-corrected chi connectivity index (χ0v) is 36.1. The van der Waals surface area contributed by atoms with E-state index in [-0.39, 0.29) is 0 Å². The van der Waals surface area contributed by atoms with Gasteiger partial charge in [-0.1, -0.05) is 127 Å². The van der Waals surface area contributed by atoms with Crippen LogP contribution in [0.5, 0.6) is 0 Å². The number of benzene rings is 10. The quantitative estimate of drug-likeness (QED) is 0.151. The fraction of sp³-hybridized carbons (Fsp3) is 0. The molecule has 13 aromatic rings. The second kappa shape index (κ2) is 15.2. The van der Waals surface area contributed by atoms with Crippen LogP contribution in [0.4, 0.5) is 34.1 Å². The minimum atomic E-state index is 1.08. The highest BCUT2D eigenvalue weighted by Gasteiger charge is 2.22. The molecular formula is C60H40N4S. The fourth-order valence-corrected chi connectivity index (χ4v) is 11.3. The van der Waals surface area contributed by atoms with Crippen molar-refractivity contribution in [2.45, 2.75) is 0 Å². The van der Waals surface area contributed by atoms with E-state index < -0.39 is 0 Å². The van der Waals surface area contributed by atoms with E-state index >= 15 is 0 Å². The normalized spacial score (nSPS) is 11.7. The van der Waals surface area contributed by atoms with E-state index in [2.05, 4.69) is 262 Å². The predicted octanol–water partition coefficient (Wildman–Crippen LogP) is 17.2. The van der Waals surface area contributed by atoms with Gasteiger partial charge in [0.25, 0.3) is 0 Å². The first kappa shape index (κ1) is 37.2. The molecule has 0 aliphatic rings. The minimum Gasteiger partial charge on any atom is -0.310 e. The summed E-state index contributed by atoms with van der Waals surface area (Å²) in [4.78, 5) is 4.70. The zero-order valence-electron chi connectivity index (χ0n) is 35.3. The van der Waals surface area contributed by atoms with E-state index in [0.717, 1.165) is 45.3 Å². The van der Waals surface area contributed by atoms with E-state index in [1.165, 1.54) is 64.0 Å². The lowest BCUT2D eigenvalue weighted by atomic mass is 10.1. The molecule has 0 N–H and O–H groups in total. The average molecular weight is 849 g/mol. The number of rotatable bonds is 8. The Balaban J connectivity index is 1.07. The van der Waals surface area contributed by atoms with E-state index in [9.17, 15) is 0 Å². The van der Waals surface area contributed by atoms with Crippen molar-refractivity contribution >= 4 is 109 Å². The average Bonchev–Trinajstić information content (AvgIpc) is 4.03. The van der Waals surface area contributed by atoms with Crippen LogP contribution in [0.25, 0.3) is 75.2 Å². The lowest BCUT2D eigenvalue weighted by Crippen LogP contribution is -2.10. The van der Waals surface area contributed by atoms with Crippen LogP contribution in [-0.4, -0.2) is 9.13 Å². The van der Waals surface area contributed by atoms with Gasteiger partial charge in [-0.25, -0.2) is 0 Å². The minimum absolute atomic E-state index is 1.08. The number of para-hydroxylation sites is 6. The monoisotopic (exact) mass is 848 g/mol. The number of hydrogen-bond acceptors (Lipinski definition) is 3. The molecule has 3 heterocycles. The Morgan fingerprint density at radius 3 is 1.34 bits per heavy atom. The third-order valence-electron chi connectivity index (χ3n) is 12.8. The lowest BCUT2D eigenvalue weighted by Gasteiger charge is -2.26. The third kappa shape index (κ3) is 6.05. The van der Waals surface area contributed by atoms with Crippen molar-refractivity contribution in [2.75, 3.05) is 9.80 Å². The molecule has 13 rings (SSSR count). The topological polar surface area (TPSA) is 16.3 Å². The predicted molar refractivity (Wildman–Crippen MR) is 277 cm³/mol. The molecule has 0 amide bonds. The maximum Gasteiger partial charge on any atom is 0.0562 e. The fourth-order valence-electron chi connectivity index (χ4n) is 10.0. The van der Waals surface area contributed by atoms with Crippen LogP contribution in [0.15, 0.2) is 243 Å². The molecule has 0 bridgehead atoms. The highest BCUT2D eigenvalue weighted by atomic mass is 32.1. The van der Waals surface area contributed by atoms with Crippen LogP contribution in [-0.2, 0) is 0 Å². The molecule has 0 radical (unpaired) electrons.